The summed E-state index contributed by atoms with van der Waals surface area (Å²) in [5.74, 6) is -3.33. The third-order valence-electron chi connectivity index (χ3n) is 2.46. The van der Waals surface area contributed by atoms with Crippen molar-refractivity contribution in [2.45, 2.75) is 19.4 Å². The molecule has 0 spiro atoms. The van der Waals surface area contributed by atoms with Gasteiger partial charge in [-0.05, 0) is 18.6 Å². The van der Waals surface area contributed by atoms with Gasteiger partial charge in [0.05, 0.1) is 6.42 Å². The zero-order valence-corrected chi connectivity index (χ0v) is 10.9. The largest absolute Gasteiger partial charge is 0.481 e. The van der Waals surface area contributed by atoms with E-state index in [9.17, 15) is 14.4 Å². The monoisotopic (exact) mass is 277 g/mol. The Bertz CT molecular complexity index is 550. The second-order valence-corrected chi connectivity index (χ2v) is 4.24. The van der Waals surface area contributed by atoms with Gasteiger partial charge in [-0.2, -0.15) is 0 Å². The first-order valence-electron chi connectivity index (χ1n) is 5.88. The molecule has 106 valence electrons. The fourth-order valence-electron chi connectivity index (χ4n) is 1.54. The minimum atomic E-state index is -1.44. The molecule has 0 unspecified atom stereocenters. The van der Waals surface area contributed by atoms with E-state index in [2.05, 4.69) is 5.32 Å². The van der Waals surface area contributed by atoms with Gasteiger partial charge in [0.15, 0.2) is 0 Å². The van der Waals surface area contributed by atoms with Crippen LogP contribution in [0.1, 0.15) is 17.5 Å². The number of hydrogen-bond donors (Lipinski definition) is 3. The first kappa shape index (κ1) is 15.4. The molecule has 0 bridgehead atoms. The van der Waals surface area contributed by atoms with Crippen LogP contribution < -0.4 is 5.32 Å². The standard InChI is InChI=1S/C14H15NO5/c1-9-3-2-4-10(7-9)5-6-12(16)15-11(14(19)20)8-13(17)18/h2-7,11H,8H2,1H3,(H,15,16)(H,17,18)(H,19,20)/b6-5+/t11-/m1/s1. The number of carbonyl (C=O) groups excluding carboxylic acids is 1. The van der Waals surface area contributed by atoms with E-state index in [1.54, 1.807) is 6.07 Å². The van der Waals surface area contributed by atoms with Gasteiger partial charge >= 0.3 is 11.9 Å². The molecule has 0 saturated heterocycles. The van der Waals surface area contributed by atoms with E-state index in [4.69, 9.17) is 10.2 Å². The predicted octanol–water partition coefficient (Wildman–Crippen LogP) is 1.05. The fourth-order valence-corrected chi connectivity index (χ4v) is 1.54. The number of nitrogens with one attached hydrogen (secondary N) is 1. The van der Waals surface area contributed by atoms with Crippen molar-refractivity contribution in [2.24, 2.45) is 0 Å². The second kappa shape index (κ2) is 7.08. The van der Waals surface area contributed by atoms with Crippen LogP contribution >= 0.6 is 0 Å². The molecule has 1 amide bonds. The Hall–Kier alpha value is -2.63. The van der Waals surface area contributed by atoms with E-state index in [-0.39, 0.29) is 0 Å². The predicted molar refractivity (Wildman–Crippen MR) is 72.0 cm³/mol. The first-order chi connectivity index (χ1) is 9.38. The number of benzene rings is 1. The Labute approximate surface area is 115 Å². The zero-order valence-electron chi connectivity index (χ0n) is 10.9. The molecule has 3 N–H and O–H groups in total. The number of carbonyl (C=O) groups is 3. The van der Waals surface area contributed by atoms with Crippen LogP contribution in [0.5, 0.6) is 0 Å². The molecule has 6 heteroatoms. The van der Waals surface area contributed by atoms with Crippen LogP contribution in [0, 0.1) is 6.92 Å². The molecule has 0 aliphatic rings. The van der Waals surface area contributed by atoms with E-state index in [0.29, 0.717) is 0 Å². The van der Waals surface area contributed by atoms with Gasteiger partial charge in [-0.25, -0.2) is 4.79 Å². The molecular formula is C14H15NO5. The molecule has 0 fully saturated rings. The lowest BCUT2D eigenvalue weighted by atomic mass is 10.1. The van der Waals surface area contributed by atoms with Crippen molar-refractivity contribution in [2.75, 3.05) is 0 Å². The third kappa shape index (κ3) is 5.34. The molecular weight excluding hydrogens is 262 g/mol. The minimum Gasteiger partial charge on any atom is -0.481 e. The van der Waals surface area contributed by atoms with Gasteiger partial charge < -0.3 is 15.5 Å². The van der Waals surface area contributed by atoms with Gasteiger partial charge in [0, 0.05) is 6.08 Å². The normalized spacial score (nSPS) is 12.1. The third-order valence-corrected chi connectivity index (χ3v) is 2.46. The molecule has 1 aromatic carbocycles. The summed E-state index contributed by atoms with van der Waals surface area (Å²) in [7, 11) is 0. The van der Waals surface area contributed by atoms with Gasteiger partial charge in [0.2, 0.25) is 5.91 Å². The molecule has 1 atom stereocenters. The maximum Gasteiger partial charge on any atom is 0.326 e. The van der Waals surface area contributed by atoms with E-state index < -0.39 is 30.3 Å². The van der Waals surface area contributed by atoms with Gasteiger partial charge in [0.1, 0.15) is 6.04 Å². The van der Waals surface area contributed by atoms with Gasteiger partial charge in [-0.1, -0.05) is 29.8 Å². The molecule has 6 nitrogen and oxygen atoms in total. The number of aryl methyl sites for hydroxylation is 1. The highest BCUT2D eigenvalue weighted by atomic mass is 16.4. The van der Waals surface area contributed by atoms with Crippen molar-refractivity contribution in [3.05, 3.63) is 41.5 Å². The number of carboxylic acids is 2. The fraction of sp³-hybridized carbons (Fsp3) is 0.214. The van der Waals surface area contributed by atoms with Crippen molar-refractivity contribution in [3.63, 3.8) is 0 Å². The lowest BCUT2D eigenvalue weighted by Crippen LogP contribution is -2.41. The Kier molecular flexibility index (Phi) is 5.46. The summed E-state index contributed by atoms with van der Waals surface area (Å²) in [6, 6.07) is 5.95. The van der Waals surface area contributed by atoms with Crippen LogP contribution in [-0.2, 0) is 14.4 Å². The smallest absolute Gasteiger partial charge is 0.326 e. The highest BCUT2D eigenvalue weighted by Gasteiger charge is 2.21. The summed E-state index contributed by atoms with van der Waals surface area (Å²) in [6.45, 7) is 1.91. The number of hydrogen-bond acceptors (Lipinski definition) is 3. The lowest BCUT2D eigenvalue weighted by molar-refractivity contribution is -0.146. The highest BCUT2D eigenvalue weighted by molar-refractivity contribution is 5.95. The number of amides is 1. The van der Waals surface area contributed by atoms with Crippen LogP contribution in [0.25, 0.3) is 6.08 Å². The van der Waals surface area contributed by atoms with Crippen LogP contribution in [0.2, 0.25) is 0 Å². The SMILES string of the molecule is Cc1cccc(/C=C/C(=O)N[C@H](CC(=O)O)C(=O)O)c1. The average Bonchev–Trinajstić information content (AvgIpc) is 2.35. The van der Waals surface area contributed by atoms with Crippen LogP contribution in [0.15, 0.2) is 30.3 Å². The van der Waals surface area contributed by atoms with Crippen molar-refractivity contribution in [3.8, 4) is 0 Å². The van der Waals surface area contributed by atoms with Crippen LogP contribution in [0.4, 0.5) is 0 Å². The quantitative estimate of drug-likeness (QED) is 0.674. The number of aliphatic carboxylic acids is 2. The summed E-state index contributed by atoms with van der Waals surface area (Å²) in [5, 5.41) is 19.5. The molecule has 0 aliphatic heterocycles. The molecule has 0 heterocycles. The van der Waals surface area contributed by atoms with E-state index >= 15 is 0 Å². The molecule has 0 aromatic heterocycles. The molecule has 1 aromatic rings. The summed E-state index contributed by atoms with van der Waals surface area (Å²) >= 11 is 0. The number of carboxylic acid groups (broad SMARTS) is 2. The first-order valence-corrected chi connectivity index (χ1v) is 5.88. The van der Waals surface area contributed by atoms with E-state index in [1.165, 1.54) is 12.2 Å². The van der Waals surface area contributed by atoms with Gasteiger partial charge in [-0.3, -0.25) is 9.59 Å². The summed E-state index contributed by atoms with van der Waals surface area (Å²) in [4.78, 5) is 32.8. The number of rotatable bonds is 6. The Morgan fingerprint density at radius 3 is 2.55 bits per heavy atom. The Balaban J connectivity index is 2.66. The summed E-state index contributed by atoms with van der Waals surface area (Å²) < 4.78 is 0. The Morgan fingerprint density at radius 1 is 1.30 bits per heavy atom. The molecule has 0 radical (unpaired) electrons. The van der Waals surface area contributed by atoms with Gasteiger partial charge in [0.25, 0.3) is 0 Å². The topological polar surface area (TPSA) is 104 Å². The van der Waals surface area contributed by atoms with E-state index in [0.717, 1.165) is 11.1 Å². The lowest BCUT2D eigenvalue weighted by Gasteiger charge is -2.10. The zero-order chi connectivity index (χ0) is 15.1. The molecule has 0 saturated carbocycles. The van der Waals surface area contributed by atoms with Gasteiger partial charge in [-0.15, -0.1) is 0 Å². The van der Waals surface area contributed by atoms with Crippen molar-refractivity contribution >= 4 is 23.9 Å². The van der Waals surface area contributed by atoms with Crippen molar-refractivity contribution < 1.29 is 24.6 Å². The molecule has 1 rings (SSSR count). The van der Waals surface area contributed by atoms with E-state index in [1.807, 2.05) is 25.1 Å². The van der Waals surface area contributed by atoms with Crippen molar-refractivity contribution in [1.82, 2.24) is 5.32 Å². The minimum absolute atomic E-state index is 0.653. The molecule has 0 aliphatic carbocycles. The van der Waals surface area contributed by atoms with Crippen LogP contribution in [0.3, 0.4) is 0 Å². The van der Waals surface area contributed by atoms with Crippen LogP contribution in [-0.4, -0.2) is 34.1 Å². The molecule has 20 heavy (non-hydrogen) atoms. The maximum absolute atomic E-state index is 11.5. The Morgan fingerprint density at radius 2 is 2.00 bits per heavy atom. The summed E-state index contributed by atoms with van der Waals surface area (Å²) in [5.41, 5.74) is 1.83. The second-order valence-electron chi connectivity index (χ2n) is 4.24. The average molecular weight is 277 g/mol. The highest BCUT2D eigenvalue weighted by Crippen LogP contribution is 2.05. The maximum atomic E-state index is 11.5. The summed E-state index contributed by atoms with van der Waals surface area (Å²) in [6.07, 6.45) is 2.04. The van der Waals surface area contributed by atoms with Crippen molar-refractivity contribution in [1.29, 1.82) is 0 Å².